The summed E-state index contributed by atoms with van der Waals surface area (Å²) in [6.45, 7) is -0.377. The van der Waals surface area contributed by atoms with Gasteiger partial charge in [-0.05, 0) is 23.8 Å². The Kier molecular flexibility index (Phi) is 6.72. The van der Waals surface area contributed by atoms with Gasteiger partial charge in [0.05, 0.1) is 23.9 Å². The molecular formula is C20H19F3N4O6. The van der Waals surface area contributed by atoms with Crippen LogP contribution in [-0.4, -0.2) is 61.7 Å². The van der Waals surface area contributed by atoms with Crippen LogP contribution in [0.4, 0.5) is 29.5 Å². The quantitative estimate of drug-likeness (QED) is 0.668. The van der Waals surface area contributed by atoms with Crippen LogP contribution in [0.5, 0.6) is 5.75 Å². The molecule has 0 bridgehead atoms. The molecule has 176 valence electrons. The Labute approximate surface area is 185 Å². The van der Waals surface area contributed by atoms with Crippen molar-refractivity contribution in [1.82, 2.24) is 10.3 Å². The van der Waals surface area contributed by atoms with Crippen LogP contribution in [0, 0.1) is 0 Å². The molecule has 1 atom stereocenters. The van der Waals surface area contributed by atoms with Crippen molar-refractivity contribution in [2.45, 2.75) is 12.4 Å². The normalized spacial score (nSPS) is 14.5. The smallest absolute Gasteiger partial charge is 0.478 e. The second-order valence-corrected chi connectivity index (χ2v) is 6.99. The van der Waals surface area contributed by atoms with Gasteiger partial charge in [-0.15, -0.1) is 13.2 Å². The highest BCUT2D eigenvalue weighted by Gasteiger charge is 2.34. The number of halogens is 3. The molecule has 3 rings (SSSR count). The fourth-order valence-corrected chi connectivity index (χ4v) is 3.15. The van der Waals surface area contributed by atoms with E-state index in [1.165, 1.54) is 37.3 Å². The molecule has 33 heavy (non-hydrogen) atoms. The molecule has 0 fully saturated rings. The molecule has 3 amide bonds. The number of ether oxygens (including phenoxy) is 2. The summed E-state index contributed by atoms with van der Waals surface area (Å²) in [7, 11) is 2.81. The fourth-order valence-electron chi connectivity index (χ4n) is 3.15. The number of hydrogen-bond acceptors (Lipinski definition) is 6. The van der Waals surface area contributed by atoms with Gasteiger partial charge in [-0.25, -0.2) is 14.6 Å². The van der Waals surface area contributed by atoms with Crippen LogP contribution in [0.25, 0.3) is 0 Å². The molecule has 0 radical (unpaired) electrons. The minimum atomic E-state index is -4.84. The second-order valence-electron chi connectivity index (χ2n) is 6.99. The van der Waals surface area contributed by atoms with E-state index in [0.717, 1.165) is 23.2 Å². The first-order chi connectivity index (χ1) is 15.5. The highest BCUT2D eigenvalue weighted by molar-refractivity contribution is 6.10. The summed E-state index contributed by atoms with van der Waals surface area (Å²) >= 11 is 0. The molecule has 1 aromatic carbocycles. The number of aromatic nitrogens is 1. The third-order valence-corrected chi connectivity index (χ3v) is 4.77. The van der Waals surface area contributed by atoms with Gasteiger partial charge >= 0.3 is 18.4 Å². The standard InChI is InChI=1S/C20H19F3N4O6/c1-26-15-7-12(18(29)30)8-24-17(15)27(9-16(26)28)19(31)25-14(10-32-2)11-3-5-13(6-4-11)33-20(21,22)23/h3-8,14H,9-10H2,1-2H3,(H,25,31)(H,29,30). The van der Waals surface area contributed by atoms with E-state index < -0.39 is 36.1 Å². The molecule has 2 heterocycles. The number of hydrogen-bond donors (Lipinski definition) is 2. The van der Waals surface area contributed by atoms with Gasteiger partial charge < -0.3 is 24.8 Å². The molecular weight excluding hydrogens is 449 g/mol. The minimum absolute atomic E-state index is 0.0227. The van der Waals surface area contributed by atoms with Crippen molar-refractivity contribution in [2.24, 2.45) is 0 Å². The lowest BCUT2D eigenvalue weighted by Crippen LogP contribution is -2.51. The Morgan fingerprint density at radius 3 is 2.52 bits per heavy atom. The average molecular weight is 468 g/mol. The summed E-state index contributed by atoms with van der Waals surface area (Å²) in [6.07, 6.45) is -3.77. The van der Waals surface area contributed by atoms with E-state index in [1.54, 1.807) is 0 Å². The van der Waals surface area contributed by atoms with Gasteiger partial charge in [-0.2, -0.15) is 0 Å². The number of pyridine rings is 1. The molecule has 0 saturated carbocycles. The van der Waals surface area contributed by atoms with Crippen molar-refractivity contribution in [3.63, 3.8) is 0 Å². The number of fused-ring (bicyclic) bond motifs is 1. The summed E-state index contributed by atoms with van der Waals surface area (Å²) in [4.78, 5) is 42.9. The van der Waals surface area contributed by atoms with Crippen molar-refractivity contribution in [3.8, 4) is 5.75 Å². The Hall–Kier alpha value is -3.87. The molecule has 0 saturated heterocycles. The number of anilines is 2. The van der Waals surface area contributed by atoms with Crippen LogP contribution in [0.2, 0.25) is 0 Å². The molecule has 2 N–H and O–H groups in total. The van der Waals surface area contributed by atoms with E-state index >= 15 is 0 Å². The topological polar surface area (TPSA) is 121 Å². The number of carboxylic acids is 1. The number of carbonyl (C=O) groups excluding carboxylic acids is 2. The van der Waals surface area contributed by atoms with Gasteiger partial charge in [0.2, 0.25) is 5.91 Å². The lowest BCUT2D eigenvalue weighted by molar-refractivity contribution is -0.274. The van der Waals surface area contributed by atoms with Crippen molar-refractivity contribution < 1.29 is 42.1 Å². The molecule has 2 aromatic rings. The Morgan fingerprint density at radius 2 is 1.94 bits per heavy atom. The van der Waals surface area contributed by atoms with Crippen LogP contribution in [0.1, 0.15) is 22.0 Å². The zero-order valence-electron chi connectivity index (χ0n) is 17.4. The lowest BCUT2D eigenvalue weighted by Gasteiger charge is -2.34. The van der Waals surface area contributed by atoms with Crippen LogP contribution in [0.3, 0.4) is 0 Å². The van der Waals surface area contributed by atoms with E-state index in [9.17, 15) is 32.7 Å². The molecule has 1 unspecified atom stereocenters. The van der Waals surface area contributed by atoms with E-state index in [1.807, 2.05) is 0 Å². The molecule has 13 heteroatoms. The Bertz CT molecular complexity index is 1060. The number of carbonyl (C=O) groups is 3. The summed E-state index contributed by atoms with van der Waals surface area (Å²) in [6, 6.07) is 4.60. The maximum atomic E-state index is 13.0. The van der Waals surface area contributed by atoms with Gasteiger partial charge in [0.1, 0.15) is 12.3 Å². The van der Waals surface area contributed by atoms with Crippen molar-refractivity contribution >= 4 is 29.4 Å². The van der Waals surface area contributed by atoms with Gasteiger partial charge in [0.15, 0.2) is 5.82 Å². The highest BCUT2D eigenvalue weighted by atomic mass is 19.4. The Balaban J connectivity index is 1.84. The molecule has 10 nitrogen and oxygen atoms in total. The van der Waals surface area contributed by atoms with Gasteiger partial charge in [-0.1, -0.05) is 12.1 Å². The number of aromatic carboxylic acids is 1. The third-order valence-electron chi connectivity index (χ3n) is 4.77. The highest BCUT2D eigenvalue weighted by Crippen LogP contribution is 2.32. The second kappa shape index (κ2) is 9.32. The van der Waals surface area contributed by atoms with Crippen LogP contribution < -0.4 is 19.9 Å². The molecule has 1 aromatic heterocycles. The number of likely N-dealkylation sites (N-methyl/N-ethyl adjacent to an activating group) is 1. The molecule has 0 spiro atoms. The fraction of sp³-hybridized carbons (Fsp3) is 0.300. The first-order valence-electron chi connectivity index (χ1n) is 9.42. The average Bonchev–Trinajstić information content (AvgIpc) is 2.75. The SMILES string of the molecule is COCC(NC(=O)N1CC(=O)N(C)c2cc(C(=O)O)cnc21)c1ccc(OC(F)(F)F)cc1. The maximum absolute atomic E-state index is 13.0. The number of nitrogens with zero attached hydrogens (tertiary/aromatic N) is 3. The number of benzene rings is 1. The number of methoxy groups -OCH3 is 1. The van der Waals surface area contributed by atoms with E-state index in [0.29, 0.717) is 5.56 Å². The number of alkyl halides is 3. The maximum Gasteiger partial charge on any atom is 0.573 e. The van der Waals surface area contributed by atoms with Gasteiger partial charge in [-0.3, -0.25) is 9.69 Å². The van der Waals surface area contributed by atoms with Crippen molar-refractivity contribution in [3.05, 3.63) is 47.7 Å². The molecule has 0 aliphatic carbocycles. The monoisotopic (exact) mass is 468 g/mol. The van der Waals surface area contributed by atoms with Crippen molar-refractivity contribution in [1.29, 1.82) is 0 Å². The lowest BCUT2D eigenvalue weighted by atomic mass is 10.1. The molecule has 1 aliphatic rings. The van der Waals surface area contributed by atoms with E-state index in [-0.39, 0.29) is 30.2 Å². The van der Waals surface area contributed by atoms with Gasteiger partial charge in [0, 0.05) is 20.4 Å². The van der Waals surface area contributed by atoms with E-state index in [4.69, 9.17) is 4.74 Å². The number of urea groups is 1. The van der Waals surface area contributed by atoms with Crippen molar-refractivity contribution in [2.75, 3.05) is 37.1 Å². The van der Waals surface area contributed by atoms with E-state index in [2.05, 4.69) is 15.0 Å². The minimum Gasteiger partial charge on any atom is -0.478 e. The summed E-state index contributed by atoms with van der Waals surface area (Å²) < 4.78 is 46.1. The first kappa shape index (κ1) is 23.8. The molecule has 1 aliphatic heterocycles. The summed E-state index contributed by atoms with van der Waals surface area (Å²) in [5, 5.41) is 11.8. The van der Waals surface area contributed by atoms with Gasteiger partial charge in [0.25, 0.3) is 0 Å². The Morgan fingerprint density at radius 1 is 1.27 bits per heavy atom. The predicted octanol–water partition coefficient (Wildman–Crippen LogP) is 2.56. The zero-order valence-corrected chi connectivity index (χ0v) is 17.4. The predicted molar refractivity (Wildman–Crippen MR) is 108 cm³/mol. The van der Waals surface area contributed by atoms with Crippen LogP contribution in [-0.2, 0) is 9.53 Å². The number of rotatable bonds is 6. The number of amides is 3. The number of nitrogens with one attached hydrogen (secondary N) is 1. The zero-order chi connectivity index (χ0) is 24.3. The summed E-state index contributed by atoms with van der Waals surface area (Å²) in [5.41, 5.74) is 0.405. The largest absolute Gasteiger partial charge is 0.573 e. The van der Waals surface area contributed by atoms with Crippen LogP contribution in [0.15, 0.2) is 36.5 Å². The summed E-state index contributed by atoms with van der Waals surface area (Å²) in [5.74, 6) is -2.07. The first-order valence-corrected chi connectivity index (χ1v) is 9.42. The van der Waals surface area contributed by atoms with Crippen LogP contribution >= 0.6 is 0 Å². The third kappa shape index (κ3) is 5.49. The number of carboxylic acid groups (broad SMARTS) is 1.